The molecule has 0 spiro atoms. The van der Waals surface area contributed by atoms with Gasteiger partial charge in [-0.3, -0.25) is 28.3 Å². The van der Waals surface area contributed by atoms with Gasteiger partial charge in [0.15, 0.2) is 23.0 Å². The number of alkyl halides is 3. The fraction of sp³-hybridized carbons (Fsp3) is 0.514. The Labute approximate surface area is 522 Å². The number of halogens is 5. The van der Waals surface area contributed by atoms with Crippen LogP contribution < -0.4 is 21.3 Å². The quantitative estimate of drug-likeness (QED) is 0.0380. The van der Waals surface area contributed by atoms with Gasteiger partial charge in [-0.25, -0.2) is 13.6 Å². The Kier molecular flexibility index (Phi) is 19.3. The second-order valence-electron chi connectivity index (χ2n) is 26.5. The van der Waals surface area contributed by atoms with Crippen LogP contribution in [0.3, 0.4) is 0 Å². The molecule has 5 fully saturated rings. The van der Waals surface area contributed by atoms with Crippen molar-refractivity contribution in [1.82, 2.24) is 14.5 Å². The van der Waals surface area contributed by atoms with Crippen molar-refractivity contribution in [3.05, 3.63) is 163 Å². The van der Waals surface area contributed by atoms with Crippen molar-refractivity contribution in [1.29, 1.82) is 0 Å². The first-order valence-corrected chi connectivity index (χ1v) is 31.8. The first-order chi connectivity index (χ1) is 42.8. The van der Waals surface area contributed by atoms with Gasteiger partial charge < -0.3 is 30.1 Å². The number of hydrogen-bond donors (Lipinski definition) is 4. The van der Waals surface area contributed by atoms with Gasteiger partial charge in [0.2, 0.25) is 0 Å². The number of allylic oxidation sites excluding steroid dienone is 1. The number of nitrogens with zero attached hydrogens (tertiary/aromatic N) is 2. The number of aromatic hydroxyl groups is 1. The number of hydrogen-bond acceptors (Lipinski definition) is 10. The molecule has 480 valence electrons. The van der Waals surface area contributed by atoms with Crippen LogP contribution in [-0.4, -0.2) is 67.5 Å². The van der Waals surface area contributed by atoms with E-state index in [9.17, 15) is 51.7 Å². The van der Waals surface area contributed by atoms with Gasteiger partial charge in [0.1, 0.15) is 11.6 Å². The lowest BCUT2D eigenvalue weighted by Crippen LogP contribution is -2.53. The third kappa shape index (κ3) is 12.6. The van der Waals surface area contributed by atoms with Crippen molar-refractivity contribution in [2.75, 3.05) is 13.7 Å². The van der Waals surface area contributed by atoms with Crippen LogP contribution in [0.1, 0.15) is 163 Å². The molecule has 0 aliphatic heterocycles. The number of carbonyl (C=O) groups excluding carboxylic acids is 2. The molecule has 0 radical (unpaired) electrons. The van der Waals surface area contributed by atoms with Crippen LogP contribution in [0.2, 0.25) is 0 Å². The molecular weight excluding hydrogens is 1160 g/mol. The standard InChI is InChI=1S/C32H30F5N3O5.C22H28O3.C18H24O2/c1-19-28(21-11-6-14-26(45-2)29(21)34)30(43)40(18-25(20-9-4-3-5-10-20)38-16-8-15-27(41)42)31(44)39(19)17-22-23(32(35,36)37)12-7-13-24(22)33;1-4-22(25-14(2)23)12-10-20-19-7-5-15-13-16(24)6-8-17(15)18(19)9-11-21(20,22)3;1-18-9-8-14-13-5-3-12(19)10-11(13)2-4-15(14)16(18)6-7-17(18)20/h3-7,9-14,25,38H,8,15-18H2,1-2H3,(H,41,42);1,13,17-20H,5-12H2,2-3H3;3,5,10,14-17,19-20H,2,4,6-9H2,1H3/t25-;17-,18+,19+,20-,21-,22-;14-,15-,16+,17+,18+/m001/s1. The number of aliphatic hydroxyl groups is 1. The number of phenolic OH excluding ortho intramolecular Hbond substituents is 1. The fourth-order valence-corrected chi connectivity index (χ4v) is 17.5. The highest BCUT2D eigenvalue weighted by Gasteiger charge is 2.64. The molecule has 1 aromatic heterocycles. The van der Waals surface area contributed by atoms with Crippen molar-refractivity contribution >= 4 is 17.7 Å². The highest BCUT2D eigenvalue weighted by atomic mass is 19.4. The van der Waals surface area contributed by atoms with Gasteiger partial charge in [-0.05, 0) is 203 Å². The predicted octanol–water partition coefficient (Wildman–Crippen LogP) is 13.2. The average molecular weight is 1240 g/mol. The smallest absolute Gasteiger partial charge is 0.416 e. The number of methoxy groups -OCH3 is 1. The van der Waals surface area contributed by atoms with Crippen molar-refractivity contribution in [3.8, 4) is 35.0 Å². The van der Waals surface area contributed by atoms with Gasteiger partial charge in [0.25, 0.3) is 5.56 Å². The van der Waals surface area contributed by atoms with Crippen LogP contribution in [0, 0.1) is 77.2 Å². The minimum atomic E-state index is -4.95. The number of carboxylic acids is 1. The molecule has 7 aliphatic rings. The number of ketones is 1. The molecule has 90 heavy (non-hydrogen) atoms. The summed E-state index contributed by atoms with van der Waals surface area (Å²) in [6, 6.07) is 20.2. The van der Waals surface area contributed by atoms with Crippen molar-refractivity contribution < 1.29 is 61.1 Å². The molecule has 12 atom stereocenters. The molecule has 5 aromatic rings. The number of aliphatic hydroxyl groups excluding tert-OH is 1. The second kappa shape index (κ2) is 26.5. The van der Waals surface area contributed by atoms with E-state index in [4.69, 9.17) is 21.0 Å². The van der Waals surface area contributed by atoms with Crippen molar-refractivity contribution in [2.24, 2.45) is 46.3 Å². The van der Waals surface area contributed by atoms with Gasteiger partial charge in [0.05, 0.1) is 43.5 Å². The van der Waals surface area contributed by atoms with Crippen molar-refractivity contribution in [3.63, 3.8) is 0 Å². The molecular formula is C72H82F5N3O10. The lowest BCUT2D eigenvalue weighted by atomic mass is 9.50. The second-order valence-corrected chi connectivity index (χ2v) is 26.5. The van der Waals surface area contributed by atoms with Gasteiger partial charge >= 0.3 is 23.8 Å². The van der Waals surface area contributed by atoms with E-state index in [1.54, 1.807) is 30.3 Å². The lowest BCUT2D eigenvalue weighted by Gasteiger charge is -2.55. The molecule has 0 amide bonds. The van der Waals surface area contributed by atoms with Crippen LogP contribution >= 0.6 is 0 Å². The third-order valence-electron chi connectivity index (χ3n) is 22.0. The topological polar surface area (TPSA) is 186 Å². The molecule has 0 saturated heterocycles. The number of benzene rings is 4. The molecule has 18 heteroatoms. The number of terminal acetylenes is 1. The lowest BCUT2D eigenvalue weighted by molar-refractivity contribution is -0.167. The SMILES string of the molecule is C#C[C@]1(OC(C)=O)CC[C@H]2[C@@H]3CCC4=CC(=O)CC[C@@H]4[C@H]3CC[C@@]21C.COc1cccc(-c2c(C)n(Cc3c(F)cccc3C(F)(F)F)c(=O)n(C[C@H](NCCCC(=O)O)c3ccccc3)c2=O)c1F.C[C@]12CC[C@@H]3c4ccc(O)cc4CC[C@H]3[C@@H]1CC[C@@H]2O. The Morgan fingerprint density at radius 2 is 1.57 bits per heavy atom. The summed E-state index contributed by atoms with van der Waals surface area (Å²) in [4.78, 5) is 62.5. The first-order valence-electron chi connectivity index (χ1n) is 31.8. The number of phenols is 1. The fourth-order valence-electron chi connectivity index (χ4n) is 17.5. The summed E-state index contributed by atoms with van der Waals surface area (Å²) in [5, 5.41) is 32.2. The van der Waals surface area contributed by atoms with E-state index in [-0.39, 0.29) is 71.4 Å². The van der Waals surface area contributed by atoms with E-state index < -0.39 is 64.3 Å². The van der Waals surface area contributed by atoms with E-state index in [1.165, 1.54) is 75.1 Å². The van der Waals surface area contributed by atoms with E-state index >= 15 is 4.39 Å². The number of esters is 1. The zero-order valence-corrected chi connectivity index (χ0v) is 51.9. The predicted molar refractivity (Wildman–Crippen MR) is 330 cm³/mol. The molecule has 4 aromatic carbocycles. The van der Waals surface area contributed by atoms with Gasteiger partial charge in [-0.2, -0.15) is 13.2 Å². The monoisotopic (exact) mass is 1240 g/mol. The number of fused-ring (bicyclic) bond motifs is 10. The van der Waals surface area contributed by atoms with Gasteiger partial charge in [-0.1, -0.05) is 79.9 Å². The maximum atomic E-state index is 15.6. The molecule has 12 rings (SSSR count). The zero-order chi connectivity index (χ0) is 64.6. The van der Waals surface area contributed by atoms with Gasteiger partial charge in [-0.15, -0.1) is 6.42 Å². The molecule has 4 N–H and O–H groups in total. The maximum Gasteiger partial charge on any atom is 0.416 e. The van der Waals surface area contributed by atoms with E-state index in [2.05, 4.69) is 31.2 Å². The summed E-state index contributed by atoms with van der Waals surface area (Å²) in [5.74, 6) is 4.51. The summed E-state index contributed by atoms with van der Waals surface area (Å²) < 4.78 is 84.6. The molecule has 0 unspecified atom stereocenters. The van der Waals surface area contributed by atoms with E-state index in [1.807, 2.05) is 18.2 Å². The van der Waals surface area contributed by atoms with E-state index in [0.29, 0.717) is 65.1 Å². The first kappa shape index (κ1) is 65.6. The average Bonchev–Trinajstić information content (AvgIpc) is 1.54. The van der Waals surface area contributed by atoms with Crippen LogP contribution in [0.25, 0.3) is 11.1 Å². The summed E-state index contributed by atoms with van der Waals surface area (Å²) in [6.07, 6.45) is 17.7. The van der Waals surface area contributed by atoms with Gasteiger partial charge in [0, 0.05) is 42.0 Å². The minimum absolute atomic E-state index is 0.0883. The number of carboxylic acid groups (broad SMARTS) is 1. The third-order valence-corrected chi connectivity index (χ3v) is 22.0. The highest BCUT2D eigenvalue weighted by molar-refractivity contribution is 5.91. The number of aliphatic carboxylic acids is 1. The summed E-state index contributed by atoms with van der Waals surface area (Å²) in [5.41, 5.74) is -0.714. The summed E-state index contributed by atoms with van der Waals surface area (Å²) >= 11 is 0. The minimum Gasteiger partial charge on any atom is -0.508 e. The van der Waals surface area contributed by atoms with Crippen LogP contribution in [0.5, 0.6) is 11.5 Å². The molecule has 13 nitrogen and oxygen atoms in total. The van der Waals surface area contributed by atoms with Crippen molar-refractivity contribution in [2.45, 2.75) is 173 Å². The van der Waals surface area contributed by atoms with Crippen LogP contribution in [-0.2, 0) is 44.8 Å². The Morgan fingerprint density at radius 3 is 2.28 bits per heavy atom. The zero-order valence-electron chi connectivity index (χ0n) is 51.9. The highest BCUT2D eigenvalue weighted by Crippen LogP contribution is 2.66. The Bertz CT molecular complexity index is 3720. The molecule has 1 heterocycles. The number of ether oxygens (including phenoxy) is 2. The Balaban J connectivity index is 0.000000164. The molecule has 5 saturated carbocycles. The number of carbonyl (C=O) groups is 3. The summed E-state index contributed by atoms with van der Waals surface area (Å²) in [7, 11) is 1.21. The largest absolute Gasteiger partial charge is 0.508 e. The molecule has 7 aliphatic carbocycles. The number of aromatic nitrogens is 2. The number of nitrogens with one attached hydrogen (secondary N) is 1. The van der Waals surface area contributed by atoms with Crippen LogP contribution in [0.4, 0.5) is 22.0 Å². The maximum absolute atomic E-state index is 15.6. The summed E-state index contributed by atoms with van der Waals surface area (Å²) in [6.45, 7) is 6.23. The van der Waals surface area contributed by atoms with Crippen LogP contribution in [0.15, 0.2) is 106 Å². The Hall–Kier alpha value is -7.36. The number of aryl methyl sites for hydroxylation is 1. The van der Waals surface area contributed by atoms with E-state index in [0.717, 1.165) is 91.4 Å². The normalized spacial score (nSPS) is 28.2. The Morgan fingerprint density at radius 1 is 0.822 bits per heavy atom. The number of rotatable bonds is 13. The molecule has 0 bridgehead atoms.